The Morgan fingerprint density at radius 3 is 2.83 bits per heavy atom. The van der Waals surface area contributed by atoms with Crippen LogP contribution < -0.4 is 5.32 Å². The van der Waals surface area contributed by atoms with Gasteiger partial charge in [-0.25, -0.2) is 4.98 Å². The summed E-state index contributed by atoms with van der Waals surface area (Å²) < 4.78 is 4.88. The fraction of sp³-hybridized carbons (Fsp3) is 0.500. The van der Waals surface area contributed by atoms with Crippen molar-refractivity contribution in [3.8, 4) is 0 Å². The minimum absolute atomic E-state index is 0. The molecule has 1 fully saturated rings. The van der Waals surface area contributed by atoms with Gasteiger partial charge in [0.15, 0.2) is 5.96 Å². The van der Waals surface area contributed by atoms with Gasteiger partial charge in [-0.15, -0.1) is 35.3 Å². The first-order chi connectivity index (χ1) is 10.8. The standard InChI is InChI=1S/C14H20N6OS.HI/c1-15-14(17-10-13-16-3-9-22-13)20-6-4-19(5-7-20)11-12-2-8-21-18-12;/h2-3,8-9H,4-7,10-11H2,1H3,(H,15,17);1H. The van der Waals surface area contributed by atoms with Gasteiger partial charge in [0, 0.05) is 57.4 Å². The van der Waals surface area contributed by atoms with Gasteiger partial charge in [-0.1, -0.05) is 5.16 Å². The topological polar surface area (TPSA) is 69.8 Å². The number of nitrogens with zero attached hydrogens (tertiary/aromatic N) is 5. The Kier molecular flexibility index (Phi) is 7.24. The summed E-state index contributed by atoms with van der Waals surface area (Å²) in [6.07, 6.45) is 3.45. The van der Waals surface area contributed by atoms with Crippen LogP contribution >= 0.6 is 35.3 Å². The molecule has 0 aliphatic carbocycles. The maximum Gasteiger partial charge on any atom is 0.194 e. The molecule has 23 heavy (non-hydrogen) atoms. The molecule has 3 heterocycles. The van der Waals surface area contributed by atoms with Gasteiger partial charge in [-0.05, 0) is 0 Å². The van der Waals surface area contributed by atoms with Gasteiger partial charge in [0.05, 0.1) is 12.2 Å². The number of hydrogen-bond donors (Lipinski definition) is 1. The SMILES string of the molecule is CN=C(NCc1nccs1)N1CCN(Cc2ccon2)CC1.I. The van der Waals surface area contributed by atoms with Crippen molar-refractivity contribution in [2.75, 3.05) is 33.2 Å². The van der Waals surface area contributed by atoms with E-state index in [2.05, 4.69) is 30.2 Å². The molecule has 0 bridgehead atoms. The molecule has 7 nitrogen and oxygen atoms in total. The van der Waals surface area contributed by atoms with Gasteiger partial charge >= 0.3 is 0 Å². The third kappa shape index (κ3) is 5.15. The molecule has 0 atom stereocenters. The van der Waals surface area contributed by atoms with Crippen LogP contribution in [0, 0.1) is 0 Å². The number of hydrogen-bond acceptors (Lipinski definition) is 6. The lowest BCUT2D eigenvalue weighted by Gasteiger charge is -2.36. The highest BCUT2D eigenvalue weighted by molar-refractivity contribution is 14.0. The molecule has 0 radical (unpaired) electrons. The molecule has 126 valence electrons. The van der Waals surface area contributed by atoms with E-state index in [-0.39, 0.29) is 24.0 Å². The van der Waals surface area contributed by atoms with E-state index in [9.17, 15) is 0 Å². The molecule has 2 aromatic rings. The normalized spacial score (nSPS) is 16.2. The van der Waals surface area contributed by atoms with E-state index in [0.717, 1.165) is 55.9 Å². The van der Waals surface area contributed by atoms with Crippen LogP contribution in [0.15, 0.2) is 33.4 Å². The van der Waals surface area contributed by atoms with E-state index in [1.807, 2.05) is 24.7 Å². The van der Waals surface area contributed by atoms with E-state index in [4.69, 9.17) is 4.52 Å². The lowest BCUT2D eigenvalue weighted by Crippen LogP contribution is -2.52. The molecule has 1 saturated heterocycles. The Bertz CT molecular complexity index is 580. The predicted molar refractivity (Wildman–Crippen MR) is 101 cm³/mol. The Labute approximate surface area is 156 Å². The fourth-order valence-corrected chi connectivity index (χ4v) is 3.05. The zero-order valence-electron chi connectivity index (χ0n) is 13.0. The van der Waals surface area contributed by atoms with Crippen LogP contribution in [0.3, 0.4) is 0 Å². The Hall–Kier alpha value is -1.20. The number of halogens is 1. The van der Waals surface area contributed by atoms with Gasteiger partial charge in [-0.2, -0.15) is 0 Å². The molecule has 0 spiro atoms. The summed E-state index contributed by atoms with van der Waals surface area (Å²) in [6.45, 7) is 5.46. The van der Waals surface area contributed by atoms with Gasteiger partial charge in [0.2, 0.25) is 0 Å². The van der Waals surface area contributed by atoms with Crippen LogP contribution in [0.1, 0.15) is 10.7 Å². The molecule has 3 rings (SSSR count). The van der Waals surface area contributed by atoms with Crippen molar-refractivity contribution in [3.63, 3.8) is 0 Å². The highest BCUT2D eigenvalue weighted by atomic mass is 127. The van der Waals surface area contributed by atoms with Crippen molar-refractivity contribution < 1.29 is 4.52 Å². The number of guanidine groups is 1. The number of aromatic nitrogens is 2. The van der Waals surface area contributed by atoms with Crippen LogP contribution in [0.2, 0.25) is 0 Å². The second kappa shape index (κ2) is 9.18. The molecule has 0 amide bonds. The molecule has 1 N–H and O–H groups in total. The van der Waals surface area contributed by atoms with Gasteiger partial charge < -0.3 is 14.7 Å². The molecule has 0 aromatic carbocycles. The van der Waals surface area contributed by atoms with Crippen LogP contribution in [0.4, 0.5) is 0 Å². The average Bonchev–Trinajstić information content (AvgIpc) is 3.23. The van der Waals surface area contributed by atoms with Crippen LogP contribution in [0.25, 0.3) is 0 Å². The summed E-state index contributed by atoms with van der Waals surface area (Å²) in [5.41, 5.74) is 0.986. The number of aliphatic imine (C=N–C) groups is 1. The summed E-state index contributed by atoms with van der Waals surface area (Å²) in [6, 6.07) is 1.92. The lowest BCUT2D eigenvalue weighted by atomic mass is 10.3. The van der Waals surface area contributed by atoms with E-state index in [0.29, 0.717) is 0 Å². The molecule has 1 aliphatic rings. The minimum atomic E-state index is 0. The number of rotatable bonds is 4. The maximum absolute atomic E-state index is 4.88. The van der Waals surface area contributed by atoms with Crippen molar-refractivity contribution >= 4 is 41.3 Å². The molecular formula is C14H21IN6OS. The number of piperazine rings is 1. The van der Waals surface area contributed by atoms with Gasteiger partial charge in [0.1, 0.15) is 11.3 Å². The molecular weight excluding hydrogens is 427 g/mol. The first-order valence-corrected chi connectivity index (χ1v) is 8.18. The van der Waals surface area contributed by atoms with Crippen molar-refractivity contribution in [2.45, 2.75) is 13.1 Å². The minimum Gasteiger partial charge on any atom is -0.364 e. The van der Waals surface area contributed by atoms with Crippen LogP contribution in [-0.2, 0) is 13.1 Å². The first kappa shape index (κ1) is 18.1. The van der Waals surface area contributed by atoms with Crippen molar-refractivity contribution in [1.82, 2.24) is 25.3 Å². The van der Waals surface area contributed by atoms with E-state index in [1.54, 1.807) is 17.6 Å². The third-order valence-electron chi connectivity index (χ3n) is 3.64. The lowest BCUT2D eigenvalue weighted by molar-refractivity contribution is 0.169. The molecule has 0 unspecified atom stereocenters. The largest absolute Gasteiger partial charge is 0.364 e. The smallest absolute Gasteiger partial charge is 0.194 e. The summed E-state index contributed by atoms with van der Waals surface area (Å²) in [5.74, 6) is 0.941. The quantitative estimate of drug-likeness (QED) is 0.436. The summed E-state index contributed by atoms with van der Waals surface area (Å²) in [4.78, 5) is 13.3. The van der Waals surface area contributed by atoms with Crippen LogP contribution in [0.5, 0.6) is 0 Å². The monoisotopic (exact) mass is 448 g/mol. The summed E-state index contributed by atoms with van der Waals surface area (Å²) in [5, 5.41) is 10.4. The zero-order chi connectivity index (χ0) is 15.2. The molecule has 1 aliphatic heterocycles. The third-order valence-corrected chi connectivity index (χ3v) is 4.42. The Balaban J connectivity index is 0.00000192. The second-order valence-electron chi connectivity index (χ2n) is 5.08. The van der Waals surface area contributed by atoms with E-state index >= 15 is 0 Å². The zero-order valence-corrected chi connectivity index (χ0v) is 16.2. The Morgan fingerprint density at radius 1 is 1.39 bits per heavy atom. The molecule has 9 heteroatoms. The fourth-order valence-electron chi connectivity index (χ4n) is 2.49. The number of nitrogens with one attached hydrogen (secondary N) is 1. The van der Waals surface area contributed by atoms with E-state index in [1.165, 1.54) is 0 Å². The van der Waals surface area contributed by atoms with Crippen molar-refractivity contribution in [3.05, 3.63) is 34.6 Å². The highest BCUT2D eigenvalue weighted by Crippen LogP contribution is 2.08. The van der Waals surface area contributed by atoms with Crippen LogP contribution in [-0.4, -0.2) is 59.1 Å². The summed E-state index contributed by atoms with van der Waals surface area (Å²) in [7, 11) is 1.83. The van der Waals surface area contributed by atoms with Gasteiger partial charge in [0.25, 0.3) is 0 Å². The van der Waals surface area contributed by atoms with Gasteiger partial charge in [-0.3, -0.25) is 9.89 Å². The number of thiazole rings is 1. The van der Waals surface area contributed by atoms with E-state index < -0.39 is 0 Å². The maximum atomic E-state index is 4.88. The first-order valence-electron chi connectivity index (χ1n) is 7.31. The predicted octanol–water partition coefficient (Wildman–Crippen LogP) is 1.64. The highest BCUT2D eigenvalue weighted by Gasteiger charge is 2.20. The Morgan fingerprint density at radius 2 is 2.22 bits per heavy atom. The summed E-state index contributed by atoms with van der Waals surface area (Å²) >= 11 is 1.65. The molecule has 2 aromatic heterocycles. The molecule has 0 saturated carbocycles. The van der Waals surface area contributed by atoms with Crippen molar-refractivity contribution in [2.24, 2.45) is 4.99 Å². The second-order valence-corrected chi connectivity index (χ2v) is 6.06. The van der Waals surface area contributed by atoms with Crippen molar-refractivity contribution in [1.29, 1.82) is 0 Å². The average molecular weight is 448 g/mol.